The van der Waals surface area contributed by atoms with Crippen molar-refractivity contribution in [1.82, 2.24) is 0 Å². The molecule has 0 aromatic heterocycles. The number of amides is 1. The maximum atomic E-state index is 10.7. The Morgan fingerprint density at radius 2 is 2.07 bits per heavy atom. The molecule has 4 nitrogen and oxygen atoms in total. The number of nitrogens with one attached hydrogen (secondary N) is 1. The summed E-state index contributed by atoms with van der Waals surface area (Å²) in [6, 6.07) is 9.57. The van der Waals surface area contributed by atoms with Crippen LogP contribution in [0.5, 0.6) is 0 Å². The van der Waals surface area contributed by atoms with E-state index in [0.29, 0.717) is 19.3 Å². The molecule has 0 aliphatic rings. The van der Waals surface area contributed by atoms with Crippen molar-refractivity contribution in [2.24, 2.45) is 11.7 Å². The molecular formula is C11H14N2O2. The fourth-order valence-electron chi connectivity index (χ4n) is 1.21. The molecular weight excluding hydrogens is 192 g/mol. The monoisotopic (exact) mass is 206 g/mol. The van der Waals surface area contributed by atoms with Gasteiger partial charge in [-0.15, -0.1) is 0 Å². The van der Waals surface area contributed by atoms with Crippen LogP contribution in [0.4, 0.5) is 5.69 Å². The van der Waals surface area contributed by atoms with Gasteiger partial charge < -0.3 is 15.8 Å². The topological polar surface area (TPSA) is 72.2 Å². The zero-order chi connectivity index (χ0) is 11.1. The van der Waals surface area contributed by atoms with Gasteiger partial charge in [-0.05, 0) is 18.6 Å². The summed E-state index contributed by atoms with van der Waals surface area (Å²) < 4.78 is 0. The minimum Gasteiger partial charge on any atom is -0.385 e. The van der Waals surface area contributed by atoms with Gasteiger partial charge in [-0.1, -0.05) is 18.2 Å². The van der Waals surface area contributed by atoms with Gasteiger partial charge in [0.1, 0.15) is 6.29 Å². The number of nitrogens with two attached hydrogens (primary N) is 1. The van der Waals surface area contributed by atoms with Crippen molar-refractivity contribution >= 4 is 17.9 Å². The summed E-state index contributed by atoms with van der Waals surface area (Å²) in [5, 5.41) is 3.10. The molecule has 0 aliphatic carbocycles. The zero-order valence-electron chi connectivity index (χ0n) is 8.35. The first kappa shape index (κ1) is 11.2. The SMILES string of the molecule is NC(=O)C(C=O)CCNc1ccccc1. The van der Waals surface area contributed by atoms with Gasteiger partial charge in [-0.3, -0.25) is 4.79 Å². The van der Waals surface area contributed by atoms with Crippen LogP contribution in [-0.2, 0) is 9.59 Å². The van der Waals surface area contributed by atoms with E-state index >= 15 is 0 Å². The molecule has 1 unspecified atom stereocenters. The highest BCUT2D eigenvalue weighted by Gasteiger charge is 2.12. The predicted octanol–water partition coefficient (Wildman–Crippen LogP) is 0.789. The number of hydrogen-bond acceptors (Lipinski definition) is 3. The third kappa shape index (κ3) is 3.81. The second-order valence-corrected chi connectivity index (χ2v) is 3.23. The lowest BCUT2D eigenvalue weighted by Crippen LogP contribution is -2.26. The average molecular weight is 206 g/mol. The van der Waals surface area contributed by atoms with Gasteiger partial charge in [0.05, 0.1) is 5.92 Å². The summed E-state index contributed by atoms with van der Waals surface area (Å²) in [4.78, 5) is 21.2. The maximum Gasteiger partial charge on any atom is 0.227 e. The molecule has 0 fully saturated rings. The summed E-state index contributed by atoms with van der Waals surface area (Å²) >= 11 is 0. The molecule has 1 rings (SSSR count). The van der Waals surface area contributed by atoms with Gasteiger partial charge in [-0.25, -0.2) is 0 Å². The normalized spacial score (nSPS) is 11.7. The summed E-state index contributed by atoms with van der Waals surface area (Å²) in [6.45, 7) is 0.552. The molecule has 0 radical (unpaired) electrons. The molecule has 0 spiro atoms. The molecule has 1 aromatic rings. The van der Waals surface area contributed by atoms with Crippen molar-refractivity contribution in [1.29, 1.82) is 0 Å². The lowest BCUT2D eigenvalue weighted by Gasteiger charge is -2.08. The van der Waals surface area contributed by atoms with Gasteiger partial charge >= 0.3 is 0 Å². The third-order valence-corrected chi connectivity index (χ3v) is 2.09. The van der Waals surface area contributed by atoms with Crippen molar-refractivity contribution < 1.29 is 9.59 Å². The van der Waals surface area contributed by atoms with Crippen LogP contribution >= 0.6 is 0 Å². The van der Waals surface area contributed by atoms with E-state index in [1.807, 2.05) is 30.3 Å². The van der Waals surface area contributed by atoms with Crippen LogP contribution < -0.4 is 11.1 Å². The van der Waals surface area contributed by atoms with Crippen molar-refractivity contribution in [2.75, 3.05) is 11.9 Å². The zero-order valence-corrected chi connectivity index (χ0v) is 8.35. The van der Waals surface area contributed by atoms with Crippen LogP contribution in [-0.4, -0.2) is 18.7 Å². The standard InChI is InChI=1S/C11H14N2O2/c12-11(15)9(8-14)6-7-13-10-4-2-1-3-5-10/h1-5,8-9,13H,6-7H2,(H2,12,15). The minimum absolute atomic E-state index is 0.424. The Kier molecular flexibility index (Phi) is 4.34. The molecule has 0 bridgehead atoms. The highest BCUT2D eigenvalue weighted by molar-refractivity contribution is 5.90. The fourth-order valence-corrected chi connectivity index (χ4v) is 1.21. The van der Waals surface area contributed by atoms with E-state index < -0.39 is 11.8 Å². The number of rotatable bonds is 6. The molecule has 4 heteroatoms. The quantitative estimate of drug-likeness (QED) is 0.534. The lowest BCUT2D eigenvalue weighted by molar-refractivity contribution is -0.126. The van der Waals surface area contributed by atoms with E-state index in [0.717, 1.165) is 5.69 Å². The summed E-state index contributed by atoms with van der Waals surface area (Å²) in [7, 11) is 0. The van der Waals surface area contributed by atoms with Crippen LogP contribution in [0.1, 0.15) is 6.42 Å². The Labute approximate surface area is 88.5 Å². The van der Waals surface area contributed by atoms with Crippen LogP contribution in [0.3, 0.4) is 0 Å². The van der Waals surface area contributed by atoms with Crippen LogP contribution in [0.2, 0.25) is 0 Å². The van der Waals surface area contributed by atoms with Crippen LogP contribution in [0.15, 0.2) is 30.3 Å². The van der Waals surface area contributed by atoms with Gasteiger partial charge in [0.2, 0.25) is 5.91 Å². The van der Waals surface area contributed by atoms with E-state index in [9.17, 15) is 9.59 Å². The Hall–Kier alpha value is -1.84. The number of primary amides is 1. The Bertz CT molecular complexity index is 325. The van der Waals surface area contributed by atoms with Crippen LogP contribution in [0, 0.1) is 5.92 Å². The smallest absolute Gasteiger partial charge is 0.227 e. The van der Waals surface area contributed by atoms with Crippen molar-refractivity contribution in [2.45, 2.75) is 6.42 Å². The number of carbonyl (C=O) groups is 2. The molecule has 1 atom stereocenters. The van der Waals surface area contributed by atoms with Crippen LogP contribution in [0.25, 0.3) is 0 Å². The summed E-state index contributed by atoms with van der Waals surface area (Å²) in [5.74, 6) is -1.26. The molecule has 15 heavy (non-hydrogen) atoms. The minimum atomic E-state index is -0.693. The molecule has 0 saturated carbocycles. The van der Waals surface area contributed by atoms with Gasteiger partial charge in [0.15, 0.2) is 0 Å². The second-order valence-electron chi connectivity index (χ2n) is 3.23. The lowest BCUT2D eigenvalue weighted by atomic mass is 10.1. The van der Waals surface area contributed by atoms with E-state index in [-0.39, 0.29) is 0 Å². The Morgan fingerprint density at radius 3 is 2.60 bits per heavy atom. The molecule has 0 saturated heterocycles. The molecule has 0 aliphatic heterocycles. The highest BCUT2D eigenvalue weighted by atomic mass is 16.2. The highest BCUT2D eigenvalue weighted by Crippen LogP contribution is 2.06. The summed E-state index contributed by atoms with van der Waals surface area (Å²) in [5.41, 5.74) is 5.99. The molecule has 3 N–H and O–H groups in total. The number of benzene rings is 1. The first-order valence-electron chi connectivity index (χ1n) is 4.77. The fraction of sp³-hybridized carbons (Fsp3) is 0.273. The number of hydrogen-bond donors (Lipinski definition) is 2. The van der Waals surface area contributed by atoms with Crippen molar-refractivity contribution in [3.63, 3.8) is 0 Å². The first-order valence-corrected chi connectivity index (χ1v) is 4.77. The van der Waals surface area contributed by atoms with E-state index in [1.165, 1.54) is 0 Å². The molecule has 80 valence electrons. The summed E-state index contributed by atoms with van der Waals surface area (Å²) in [6.07, 6.45) is 1.02. The Balaban J connectivity index is 2.33. The van der Waals surface area contributed by atoms with Crippen molar-refractivity contribution in [3.8, 4) is 0 Å². The second kappa shape index (κ2) is 5.80. The third-order valence-electron chi connectivity index (χ3n) is 2.09. The van der Waals surface area contributed by atoms with E-state index in [4.69, 9.17) is 5.73 Å². The van der Waals surface area contributed by atoms with E-state index in [2.05, 4.69) is 5.32 Å². The first-order chi connectivity index (χ1) is 7.24. The average Bonchev–Trinajstić information content (AvgIpc) is 2.25. The Morgan fingerprint density at radius 1 is 1.40 bits per heavy atom. The molecule has 0 heterocycles. The number of aldehydes is 1. The maximum absolute atomic E-state index is 10.7. The molecule has 1 aromatic carbocycles. The van der Waals surface area contributed by atoms with Gasteiger partial charge in [0.25, 0.3) is 0 Å². The number of para-hydroxylation sites is 1. The van der Waals surface area contributed by atoms with Crippen molar-refractivity contribution in [3.05, 3.63) is 30.3 Å². The number of carbonyl (C=O) groups excluding carboxylic acids is 2. The van der Waals surface area contributed by atoms with Gasteiger partial charge in [0, 0.05) is 12.2 Å². The van der Waals surface area contributed by atoms with E-state index in [1.54, 1.807) is 0 Å². The van der Waals surface area contributed by atoms with Gasteiger partial charge in [-0.2, -0.15) is 0 Å². The molecule has 1 amide bonds. The predicted molar refractivity (Wildman–Crippen MR) is 58.3 cm³/mol. The largest absolute Gasteiger partial charge is 0.385 e. The number of anilines is 1.